The summed E-state index contributed by atoms with van der Waals surface area (Å²) in [7, 11) is 0. The van der Waals surface area contributed by atoms with Crippen molar-refractivity contribution >= 4 is 11.9 Å². The number of carboxylic acid groups (broad SMARTS) is 1. The molecule has 4 atom stereocenters. The number of carbonyl (C=O) groups is 2. The zero-order valence-electron chi connectivity index (χ0n) is 12.9. The molecule has 0 radical (unpaired) electrons. The maximum Gasteiger partial charge on any atom is 0.309 e. The van der Waals surface area contributed by atoms with Gasteiger partial charge in [0.15, 0.2) is 0 Å². The smallest absolute Gasteiger partial charge is 0.309 e. The Labute approximate surface area is 124 Å². The maximum atomic E-state index is 11.8. The van der Waals surface area contributed by atoms with Crippen LogP contribution in [0.5, 0.6) is 0 Å². The predicted molar refractivity (Wildman–Crippen MR) is 76.3 cm³/mol. The first-order valence-corrected chi connectivity index (χ1v) is 7.25. The second-order valence-corrected chi connectivity index (χ2v) is 6.26. The molecular weight excluding hydrogens is 274 g/mol. The second-order valence-electron chi connectivity index (χ2n) is 6.26. The van der Waals surface area contributed by atoms with Gasteiger partial charge in [0, 0.05) is 4.91 Å². The lowest BCUT2D eigenvalue weighted by molar-refractivity contribution is -0.146. The van der Waals surface area contributed by atoms with Crippen LogP contribution in [-0.4, -0.2) is 29.2 Å². The highest BCUT2D eigenvalue weighted by Crippen LogP contribution is 2.33. The first-order valence-electron chi connectivity index (χ1n) is 7.25. The topological polar surface area (TPSA) is 112 Å². The molecule has 21 heavy (non-hydrogen) atoms. The third-order valence-corrected chi connectivity index (χ3v) is 4.11. The van der Waals surface area contributed by atoms with Crippen molar-refractivity contribution in [3.63, 3.8) is 0 Å². The number of esters is 1. The van der Waals surface area contributed by atoms with E-state index >= 15 is 0 Å². The van der Waals surface area contributed by atoms with E-state index in [0.717, 1.165) is 0 Å². The summed E-state index contributed by atoms with van der Waals surface area (Å²) in [6.45, 7) is 7.49. The van der Waals surface area contributed by atoms with Crippen molar-refractivity contribution < 1.29 is 19.4 Å². The summed E-state index contributed by atoms with van der Waals surface area (Å²) in [5.74, 6) is -1.99. The van der Waals surface area contributed by atoms with Crippen LogP contribution < -0.4 is 0 Å². The van der Waals surface area contributed by atoms with Gasteiger partial charge in [-0.05, 0) is 30.2 Å². The third-order valence-electron chi connectivity index (χ3n) is 4.11. The van der Waals surface area contributed by atoms with Crippen LogP contribution in [0.4, 0.5) is 0 Å². The molecule has 1 rings (SSSR count). The number of aliphatic carboxylic acids is 1. The summed E-state index contributed by atoms with van der Waals surface area (Å²) in [4.78, 5) is 25.9. The molecule has 0 saturated carbocycles. The molecular formula is C14H23N3O4. The van der Waals surface area contributed by atoms with Crippen LogP contribution in [0.15, 0.2) is 5.11 Å². The van der Waals surface area contributed by atoms with Gasteiger partial charge >= 0.3 is 11.9 Å². The van der Waals surface area contributed by atoms with Crippen molar-refractivity contribution in [2.24, 2.45) is 28.8 Å². The Morgan fingerprint density at radius 3 is 2.48 bits per heavy atom. The summed E-state index contributed by atoms with van der Waals surface area (Å²) >= 11 is 0. The molecule has 0 aromatic carbocycles. The van der Waals surface area contributed by atoms with Gasteiger partial charge in [-0.15, -0.1) is 0 Å². The van der Waals surface area contributed by atoms with Crippen LogP contribution in [-0.2, 0) is 14.3 Å². The van der Waals surface area contributed by atoms with Gasteiger partial charge in [-0.3, -0.25) is 9.59 Å². The number of rotatable bonds is 7. The number of carbonyl (C=O) groups excluding carboxylic acids is 1. The number of hydrogen-bond acceptors (Lipinski definition) is 4. The van der Waals surface area contributed by atoms with Gasteiger partial charge in [0.2, 0.25) is 0 Å². The van der Waals surface area contributed by atoms with Crippen LogP contribution in [0.3, 0.4) is 0 Å². The number of nitrogens with zero attached hydrogens (tertiary/aromatic N) is 3. The van der Waals surface area contributed by atoms with Gasteiger partial charge in [0.25, 0.3) is 0 Å². The molecule has 1 aliphatic rings. The van der Waals surface area contributed by atoms with Gasteiger partial charge < -0.3 is 9.84 Å². The van der Waals surface area contributed by atoms with Gasteiger partial charge in [-0.25, -0.2) is 0 Å². The van der Waals surface area contributed by atoms with E-state index < -0.39 is 24.0 Å². The monoisotopic (exact) mass is 297 g/mol. The average molecular weight is 297 g/mol. The largest absolute Gasteiger partial charge is 0.481 e. The van der Waals surface area contributed by atoms with Crippen molar-refractivity contribution in [3.05, 3.63) is 10.4 Å². The summed E-state index contributed by atoms with van der Waals surface area (Å²) in [5, 5.41) is 12.9. The second kappa shape index (κ2) is 7.31. The highest BCUT2D eigenvalue weighted by atomic mass is 16.6. The zero-order valence-corrected chi connectivity index (χ0v) is 12.9. The maximum absolute atomic E-state index is 11.8. The Bertz CT molecular complexity index is 444. The van der Waals surface area contributed by atoms with Crippen molar-refractivity contribution in [2.45, 2.75) is 52.7 Å². The molecule has 1 heterocycles. The summed E-state index contributed by atoms with van der Waals surface area (Å²) in [6.07, 6.45) is 0.131. The third kappa shape index (κ3) is 4.36. The molecule has 0 aliphatic carbocycles. The Balaban J connectivity index is 2.86. The molecule has 7 nitrogen and oxygen atoms in total. The number of cyclic esters (lactones) is 1. The standard InChI is InChI=1S/C14H23N3O4/c1-7(2)9(13(18)19)5-11(16-17-15)12-6-10(8(3)4)14(20)21-12/h7-12H,5-6H2,1-4H3,(H,18,19). The fraction of sp³-hybridized carbons (Fsp3) is 0.857. The highest BCUT2D eigenvalue weighted by Gasteiger charge is 2.41. The van der Waals surface area contributed by atoms with E-state index in [-0.39, 0.29) is 30.1 Å². The van der Waals surface area contributed by atoms with Crippen LogP contribution in [0.1, 0.15) is 40.5 Å². The highest BCUT2D eigenvalue weighted by molar-refractivity contribution is 5.75. The lowest BCUT2D eigenvalue weighted by Gasteiger charge is -2.23. The van der Waals surface area contributed by atoms with Crippen molar-refractivity contribution in [1.82, 2.24) is 0 Å². The molecule has 0 aromatic rings. The Morgan fingerprint density at radius 1 is 1.48 bits per heavy atom. The molecule has 1 saturated heterocycles. The van der Waals surface area contributed by atoms with Gasteiger partial charge in [0.1, 0.15) is 6.10 Å². The normalized spacial score (nSPS) is 24.6. The van der Waals surface area contributed by atoms with Gasteiger partial charge in [-0.1, -0.05) is 32.8 Å². The summed E-state index contributed by atoms with van der Waals surface area (Å²) in [6, 6.07) is -0.633. The van der Waals surface area contributed by atoms with E-state index in [2.05, 4.69) is 10.0 Å². The molecule has 1 aliphatic heterocycles. The van der Waals surface area contributed by atoms with Crippen LogP contribution in [0, 0.1) is 23.7 Å². The predicted octanol–water partition coefficient (Wildman–Crippen LogP) is 3.00. The molecule has 0 aromatic heterocycles. The van der Waals surface area contributed by atoms with E-state index in [1.807, 2.05) is 27.7 Å². The van der Waals surface area contributed by atoms with E-state index in [9.17, 15) is 14.7 Å². The summed E-state index contributed by atoms with van der Waals surface area (Å²) in [5.41, 5.74) is 8.70. The minimum atomic E-state index is -0.923. The fourth-order valence-corrected chi connectivity index (χ4v) is 2.67. The van der Waals surface area contributed by atoms with Crippen molar-refractivity contribution in [2.75, 3.05) is 0 Å². The van der Waals surface area contributed by atoms with E-state index in [1.54, 1.807) is 0 Å². The lowest BCUT2D eigenvalue weighted by atomic mass is 9.85. The SMILES string of the molecule is CC(C)C(CC(N=[N+]=[N-])C1CC(C(C)C)C(=O)O1)C(=O)O. The molecule has 0 spiro atoms. The van der Waals surface area contributed by atoms with Crippen LogP contribution in [0.2, 0.25) is 0 Å². The molecule has 7 heteroatoms. The Kier molecular flexibility index (Phi) is 6.03. The number of ether oxygens (including phenoxy) is 1. The van der Waals surface area contributed by atoms with E-state index in [1.165, 1.54) is 0 Å². The van der Waals surface area contributed by atoms with Crippen LogP contribution >= 0.6 is 0 Å². The fourth-order valence-electron chi connectivity index (χ4n) is 2.67. The molecule has 0 amide bonds. The minimum Gasteiger partial charge on any atom is -0.481 e. The average Bonchev–Trinajstić information content (AvgIpc) is 2.75. The quantitative estimate of drug-likeness (QED) is 0.337. The van der Waals surface area contributed by atoms with E-state index in [4.69, 9.17) is 10.3 Å². The number of azide groups is 1. The molecule has 118 valence electrons. The molecule has 4 unspecified atom stereocenters. The zero-order chi connectivity index (χ0) is 16.2. The van der Waals surface area contributed by atoms with Gasteiger partial charge in [0.05, 0.1) is 17.9 Å². The minimum absolute atomic E-state index is 0.0862. The Morgan fingerprint density at radius 2 is 2.10 bits per heavy atom. The Hall–Kier alpha value is -1.75. The molecule has 1 fully saturated rings. The van der Waals surface area contributed by atoms with Gasteiger partial charge in [-0.2, -0.15) is 0 Å². The van der Waals surface area contributed by atoms with Crippen molar-refractivity contribution in [1.29, 1.82) is 0 Å². The number of hydrogen-bond donors (Lipinski definition) is 1. The van der Waals surface area contributed by atoms with E-state index in [0.29, 0.717) is 6.42 Å². The van der Waals surface area contributed by atoms with Crippen molar-refractivity contribution in [3.8, 4) is 0 Å². The lowest BCUT2D eigenvalue weighted by Crippen LogP contribution is -2.31. The first-order chi connectivity index (χ1) is 9.77. The first kappa shape index (κ1) is 17.3. The molecule has 1 N–H and O–H groups in total. The summed E-state index contributed by atoms with van der Waals surface area (Å²) < 4.78 is 5.31. The van der Waals surface area contributed by atoms with Crippen LogP contribution in [0.25, 0.3) is 10.4 Å². The number of carboxylic acids is 1. The molecule has 0 bridgehead atoms.